The van der Waals surface area contributed by atoms with E-state index in [1.54, 1.807) is 0 Å². The van der Waals surface area contributed by atoms with Gasteiger partial charge in [0.1, 0.15) is 0 Å². The van der Waals surface area contributed by atoms with Gasteiger partial charge in [0.25, 0.3) is 0 Å². The monoisotopic (exact) mass is 217 g/mol. The van der Waals surface area contributed by atoms with Crippen LogP contribution in [0.15, 0.2) is 24.3 Å². The lowest BCUT2D eigenvalue weighted by atomic mass is 9.78. The quantitative estimate of drug-likeness (QED) is 0.835. The first-order valence-corrected chi connectivity index (χ1v) is 6.17. The van der Waals surface area contributed by atoms with E-state index in [4.69, 9.17) is 4.74 Å². The Hall–Kier alpha value is -0.860. The van der Waals surface area contributed by atoms with Gasteiger partial charge in [0.15, 0.2) is 0 Å². The molecule has 16 heavy (non-hydrogen) atoms. The van der Waals surface area contributed by atoms with E-state index in [0.29, 0.717) is 0 Å². The van der Waals surface area contributed by atoms with Crippen molar-refractivity contribution in [3.63, 3.8) is 0 Å². The lowest BCUT2D eigenvalue weighted by molar-refractivity contribution is -0.0504. The average molecular weight is 217 g/mol. The number of ether oxygens (including phenoxy) is 1. The molecule has 1 aromatic carbocycles. The molecule has 0 aromatic heterocycles. The normalized spacial score (nSPS) is 22.8. The van der Waals surface area contributed by atoms with Crippen molar-refractivity contribution in [3.8, 4) is 0 Å². The highest BCUT2D eigenvalue weighted by molar-refractivity contribution is 5.35. The van der Waals surface area contributed by atoms with E-state index < -0.39 is 0 Å². The summed E-state index contributed by atoms with van der Waals surface area (Å²) < 4.78 is 5.36. The topological polar surface area (TPSA) is 21.3 Å². The first kappa shape index (κ1) is 10.3. The third-order valence-corrected chi connectivity index (χ3v) is 3.67. The van der Waals surface area contributed by atoms with Crippen molar-refractivity contribution in [3.05, 3.63) is 35.4 Å². The van der Waals surface area contributed by atoms with Gasteiger partial charge in [-0.25, -0.2) is 0 Å². The van der Waals surface area contributed by atoms with Gasteiger partial charge in [-0.05, 0) is 24.0 Å². The van der Waals surface area contributed by atoms with Crippen LogP contribution in [0.2, 0.25) is 0 Å². The van der Waals surface area contributed by atoms with Gasteiger partial charge >= 0.3 is 0 Å². The first-order chi connectivity index (χ1) is 7.78. The van der Waals surface area contributed by atoms with Crippen molar-refractivity contribution in [1.82, 2.24) is 5.32 Å². The summed E-state index contributed by atoms with van der Waals surface area (Å²) in [4.78, 5) is 0. The Kier molecular flexibility index (Phi) is 2.49. The molecular formula is C14H19NO. The molecule has 86 valence electrons. The maximum atomic E-state index is 5.36. The molecule has 2 fully saturated rings. The molecular weight excluding hydrogens is 198 g/mol. The fourth-order valence-corrected chi connectivity index (χ4v) is 2.37. The zero-order valence-electron chi connectivity index (χ0n) is 9.83. The zero-order chi connectivity index (χ0) is 11.0. The standard InChI is InChI=1S/C14H19NO/c1-14(9-16-10-14)13-5-3-2-4-11(13)8-15-12-6-7-12/h2-5,12,15H,6-10H2,1H3. The number of nitrogens with one attached hydrogen (secondary N) is 1. The number of hydrogen-bond donors (Lipinski definition) is 1. The highest BCUT2D eigenvalue weighted by Crippen LogP contribution is 2.34. The van der Waals surface area contributed by atoms with Crippen LogP contribution < -0.4 is 5.32 Å². The molecule has 3 rings (SSSR count). The molecule has 1 aliphatic carbocycles. The van der Waals surface area contributed by atoms with Gasteiger partial charge in [0, 0.05) is 18.0 Å². The Morgan fingerprint density at radius 2 is 2.06 bits per heavy atom. The highest BCUT2D eigenvalue weighted by Gasteiger charge is 2.36. The summed E-state index contributed by atoms with van der Waals surface area (Å²) in [7, 11) is 0. The van der Waals surface area contributed by atoms with Gasteiger partial charge in [0.2, 0.25) is 0 Å². The summed E-state index contributed by atoms with van der Waals surface area (Å²) in [6.07, 6.45) is 2.70. The third kappa shape index (κ3) is 1.87. The average Bonchev–Trinajstić information content (AvgIpc) is 3.07. The molecule has 1 N–H and O–H groups in total. The lowest BCUT2D eigenvalue weighted by Gasteiger charge is -2.39. The van der Waals surface area contributed by atoms with Gasteiger partial charge in [-0.1, -0.05) is 31.2 Å². The van der Waals surface area contributed by atoms with Gasteiger partial charge < -0.3 is 10.1 Å². The zero-order valence-corrected chi connectivity index (χ0v) is 9.83. The summed E-state index contributed by atoms with van der Waals surface area (Å²) >= 11 is 0. The molecule has 1 heterocycles. The second-order valence-corrected chi connectivity index (χ2v) is 5.37. The molecule has 0 amide bonds. The van der Waals surface area contributed by atoms with E-state index in [2.05, 4.69) is 36.5 Å². The van der Waals surface area contributed by atoms with Crippen LogP contribution in [0, 0.1) is 0 Å². The van der Waals surface area contributed by atoms with Gasteiger partial charge in [-0.2, -0.15) is 0 Å². The molecule has 0 atom stereocenters. The molecule has 2 heteroatoms. The number of hydrogen-bond acceptors (Lipinski definition) is 2. The predicted octanol–water partition coefficient (Wildman–Crippen LogP) is 2.23. The van der Waals surface area contributed by atoms with Crippen LogP contribution in [0.5, 0.6) is 0 Å². The lowest BCUT2D eigenvalue weighted by Crippen LogP contribution is -2.44. The molecule has 0 spiro atoms. The van der Waals surface area contributed by atoms with Gasteiger partial charge in [0.05, 0.1) is 13.2 Å². The summed E-state index contributed by atoms with van der Waals surface area (Å²) in [5.41, 5.74) is 3.16. The number of benzene rings is 1. The molecule has 1 saturated carbocycles. The minimum absolute atomic E-state index is 0.252. The maximum Gasteiger partial charge on any atom is 0.0583 e. The summed E-state index contributed by atoms with van der Waals surface area (Å²) in [5.74, 6) is 0. The van der Waals surface area contributed by atoms with Crippen molar-refractivity contribution in [2.75, 3.05) is 13.2 Å². The Morgan fingerprint density at radius 3 is 2.69 bits per heavy atom. The second kappa shape index (κ2) is 3.86. The molecule has 0 bridgehead atoms. The smallest absolute Gasteiger partial charge is 0.0583 e. The van der Waals surface area contributed by atoms with E-state index in [0.717, 1.165) is 25.8 Å². The van der Waals surface area contributed by atoms with Crippen LogP contribution in [0.25, 0.3) is 0 Å². The highest BCUT2D eigenvalue weighted by atomic mass is 16.5. The summed E-state index contributed by atoms with van der Waals surface area (Å²) in [6, 6.07) is 9.55. The van der Waals surface area contributed by atoms with Crippen LogP contribution >= 0.6 is 0 Å². The Labute approximate surface area is 97.0 Å². The van der Waals surface area contributed by atoms with Crippen LogP contribution in [-0.4, -0.2) is 19.3 Å². The van der Waals surface area contributed by atoms with E-state index in [1.165, 1.54) is 24.0 Å². The van der Waals surface area contributed by atoms with E-state index in [1.807, 2.05) is 0 Å². The first-order valence-electron chi connectivity index (χ1n) is 6.17. The fourth-order valence-electron chi connectivity index (χ4n) is 2.37. The summed E-state index contributed by atoms with van der Waals surface area (Å²) in [6.45, 7) is 5.05. The largest absolute Gasteiger partial charge is 0.379 e. The van der Waals surface area contributed by atoms with Crippen LogP contribution in [0.4, 0.5) is 0 Å². The Morgan fingerprint density at radius 1 is 1.31 bits per heavy atom. The molecule has 0 unspecified atom stereocenters. The molecule has 0 radical (unpaired) electrons. The molecule has 1 saturated heterocycles. The number of rotatable bonds is 4. The molecule has 2 nitrogen and oxygen atoms in total. The van der Waals surface area contributed by atoms with Crippen molar-refractivity contribution >= 4 is 0 Å². The van der Waals surface area contributed by atoms with Crippen molar-refractivity contribution in [1.29, 1.82) is 0 Å². The van der Waals surface area contributed by atoms with Gasteiger partial charge in [-0.15, -0.1) is 0 Å². The van der Waals surface area contributed by atoms with E-state index in [-0.39, 0.29) is 5.41 Å². The van der Waals surface area contributed by atoms with Crippen LogP contribution in [0.3, 0.4) is 0 Å². The maximum absolute atomic E-state index is 5.36. The van der Waals surface area contributed by atoms with E-state index in [9.17, 15) is 0 Å². The predicted molar refractivity (Wildman–Crippen MR) is 64.5 cm³/mol. The summed E-state index contributed by atoms with van der Waals surface area (Å²) in [5, 5.41) is 3.59. The van der Waals surface area contributed by atoms with Crippen molar-refractivity contribution in [2.45, 2.75) is 37.8 Å². The van der Waals surface area contributed by atoms with Crippen LogP contribution in [0.1, 0.15) is 30.9 Å². The molecule has 2 aliphatic rings. The van der Waals surface area contributed by atoms with Crippen molar-refractivity contribution < 1.29 is 4.74 Å². The van der Waals surface area contributed by atoms with Crippen LogP contribution in [-0.2, 0) is 16.7 Å². The van der Waals surface area contributed by atoms with Crippen molar-refractivity contribution in [2.24, 2.45) is 0 Å². The van der Waals surface area contributed by atoms with E-state index >= 15 is 0 Å². The Balaban J connectivity index is 1.79. The SMILES string of the molecule is CC1(c2ccccc2CNC2CC2)COC1. The minimum Gasteiger partial charge on any atom is -0.379 e. The third-order valence-electron chi connectivity index (χ3n) is 3.67. The molecule has 1 aromatic rings. The molecule has 1 aliphatic heterocycles. The minimum atomic E-state index is 0.252. The second-order valence-electron chi connectivity index (χ2n) is 5.37. The fraction of sp³-hybridized carbons (Fsp3) is 0.571. The van der Waals surface area contributed by atoms with Gasteiger partial charge in [-0.3, -0.25) is 0 Å². The Bertz CT molecular complexity index is 380.